The number of rotatable bonds is 5. The van der Waals surface area contributed by atoms with Crippen molar-refractivity contribution >= 4 is 39.3 Å². The Bertz CT molecular complexity index is 939. The number of aromatic nitrogens is 1. The molecule has 1 saturated heterocycles. The molecule has 0 radical (unpaired) electrons. The Labute approximate surface area is 160 Å². The van der Waals surface area contributed by atoms with Gasteiger partial charge in [0.1, 0.15) is 10.5 Å². The average molecular weight is 384 g/mol. The highest BCUT2D eigenvalue weighted by Crippen LogP contribution is 2.30. The lowest BCUT2D eigenvalue weighted by Crippen LogP contribution is -2.38. The molecule has 1 fully saturated rings. The summed E-state index contributed by atoms with van der Waals surface area (Å²) in [5.74, 6) is 0.381. The summed E-state index contributed by atoms with van der Waals surface area (Å²) in [5, 5.41) is 5.03. The maximum absolute atomic E-state index is 12.3. The van der Waals surface area contributed by atoms with E-state index in [-0.39, 0.29) is 18.4 Å². The molecule has 1 aliphatic heterocycles. The van der Waals surface area contributed by atoms with Crippen molar-refractivity contribution < 1.29 is 14.0 Å². The molecule has 0 spiro atoms. The molecule has 4 rings (SSSR count). The number of carbonyl (C=O) groups is 2. The fraction of sp³-hybridized carbons (Fsp3) is 0.316. The lowest BCUT2D eigenvalue weighted by molar-refractivity contribution is -0.117. The van der Waals surface area contributed by atoms with Crippen molar-refractivity contribution in [1.82, 2.24) is 9.88 Å². The summed E-state index contributed by atoms with van der Waals surface area (Å²) < 4.78 is 5.88. The molecule has 27 heavy (non-hydrogen) atoms. The van der Waals surface area contributed by atoms with E-state index in [1.807, 2.05) is 24.3 Å². The Balaban J connectivity index is 1.32. The standard InChI is InChI=1S/C19H20N4O3S/c20-17(25)13-7-10-27-19(13)22-16(24)11-23-8-5-12(6-9-23)18-21-14-3-1-2-4-15(14)26-18/h1-4,7,10,12H,5-6,8-9,11H2,(H2,20,25)(H,22,24). The van der Waals surface area contributed by atoms with Gasteiger partial charge in [-0.1, -0.05) is 12.1 Å². The Morgan fingerprint density at radius 1 is 1.26 bits per heavy atom. The number of benzene rings is 1. The van der Waals surface area contributed by atoms with Crippen LogP contribution in [-0.2, 0) is 4.79 Å². The van der Waals surface area contributed by atoms with E-state index in [9.17, 15) is 9.59 Å². The van der Waals surface area contributed by atoms with Gasteiger partial charge in [0.25, 0.3) is 5.91 Å². The first-order valence-corrected chi connectivity index (χ1v) is 9.73. The van der Waals surface area contributed by atoms with Gasteiger partial charge < -0.3 is 15.5 Å². The Hall–Kier alpha value is -2.71. The van der Waals surface area contributed by atoms with Crippen molar-refractivity contribution in [2.24, 2.45) is 5.73 Å². The van der Waals surface area contributed by atoms with Crippen LogP contribution in [0.15, 0.2) is 40.1 Å². The minimum absolute atomic E-state index is 0.139. The zero-order valence-corrected chi connectivity index (χ0v) is 15.5. The predicted molar refractivity (Wildman–Crippen MR) is 104 cm³/mol. The quantitative estimate of drug-likeness (QED) is 0.704. The summed E-state index contributed by atoms with van der Waals surface area (Å²) in [4.78, 5) is 30.3. The number of nitrogens with two attached hydrogens (primary N) is 1. The molecule has 3 aromatic rings. The summed E-state index contributed by atoms with van der Waals surface area (Å²) in [6.45, 7) is 1.88. The third-order valence-corrected chi connectivity index (χ3v) is 5.63. The molecule has 0 aliphatic carbocycles. The van der Waals surface area contributed by atoms with Crippen LogP contribution in [0.3, 0.4) is 0 Å². The summed E-state index contributed by atoms with van der Waals surface area (Å²) >= 11 is 1.30. The Morgan fingerprint density at radius 3 is 2.78 bits per heavy atom. The SMILES string of the molecule is NC(=O)c1ccsc1NC(=O)CN1CCC(c2nc3ccccc3o2)CC1. The molecule has 7 nitrogen and oxygen atoms in total. The molecule has 1 aromatic carbocycles. The fourth-order valence-corrected chi connectivity index (χ4v) is 4.18. The van der Waals surface area contributed by atoms with Crippen molar-refractivity contribution in [1.29, 1.82) is 0 Å². The highest BCUT2D eigenvalue weighted by molar-refractivity contribution is 7.14. The minimum atomic E-state index is -0.536. The number of amides is 2. The number of hydrogen-bond acceptors (Lipinski definition) is 6. The molecule has 3 heterocycles. The third-order valence-electron chi connectivity index (χ3n) is 4.80. The molecule has 2 aromatic heterocycles. The van der Waals surface area contributed by atoms with Crippen molar-refractivity contribution in [3.8, 4) is 0 Å². The van der Waals surface area contributed by atoms with Crippen LogP contribution in [0.2, 0.25) is 0 Å². The summed E-state index contributed by atoms with van der Waals surface area (Å²) in [6.07, 6.45) is 1.79. The summed E-state index contributed by atoms with van der Waals surface area (Å²) in [6, 6.07) is 9.39. The number of piperidine rings is 1. The molecular formula is C19H20N4O3S. The van der Waals surface area contributed by atoms with Gasteiger partial charge in [0.15, 0.2) is 11.5 Å². The molecule has 8 heteroatoms. The first-order valence-electron chi connectivity index (χ1n) is 8.85. The van der Waals surface area contributed by atoms with Crippen LogP contribution < -0.4 is 11.1 Å². The van der Waals surface area contributed by atoms with Gasteiger partial charge >= 0.3 is 0 Å². The van der Waals surface area contributed by atoms with E-state index in [1.165, 1.54) is 11.3 Å². The second-order valence-corrected chi connectivity index (χ2v) is 7.56. The van der Waals surface area contributed by atoms with Crippen LogP contribution >= 0.6 is 11.3 Å². The maximum Gasteiger partial charge on any atom is 0.251 e. The van der Waals surface area contributed by atoms with Crippen LogP contribution in [0.4, 0.5) is 5.00 Å². The highest BCUT2D eigenvalue weighted by atomic mass is 32.1. The number of anilines is 1. The molecule has 2 amide bonds. The molecule has 0 atom stereocenters. The van der Waals surface area contributed by atoms with Crippen LogP contribution in [0.5, 0.6) is 0 Å². The number of likely N-dealkylation sites (tertiary alicyclic amines) is 1. The number of para-hydroxylation sites is 2. The molecular weight excluding hydrogens is 364 g/mol. The lowest BCUT2D eigenvalue weighted by Gasteiger charge is -2.29. The predicted octanol–water partition coefficient (Wildman–Crippen LogP) is 2.81. The smallest absolute Gasteiger partial charge is 0.251 e. The molecule has 1 aliphatic rings. The van der Waals surface area contributed by atoms with Crippen LogP contribution in [0, 0.1) is 0 Å². The van der Waals surface area contributed by atoms with Gasteiger partial charge in [0.2, 0.25) is 5.91 Å². The maximum atomic E-state index is 12.3. The normalized spacial score (nSPS) is 15.9. The number of fused-ring (bicyclic) bond motifs is 1. The number of thiophene rings is 1. The largest absolute Gasteiger partial charge is 0.440 e. The Kier molecular flexibility index (Phi) is 4.91. The van der Waals surface area contributed by atoms with E-state index < -0.39 is 5.91 Å². The van der Waals surface area contributed by atoms with E-state index >= 15 is 0 Å². The number of oxazole rings is 1. The molecule has 0 bridgehead atoms. The number of nitrogens with zero attached hydrogens (tertiary/aromatic N) is 2. The van der Waals surface area contributed by atoms with E-state index in [0.717, 1.165) is 42.9 Å². The first kappa shape index (κ1) is 17.7. The van der Waals surface area contributed by atoms with Crippen molar-refractivity contribution in [3.05, 3.63) is 47.2 Å². The topological polar surface area (TPSA) is 101 Å². The molecule has 3 N–H and O–H groups in total. The molecule has 0 saturated carbocycles. The van der Waals surface area contributed by atoms with Crippen LogP contribution in [0.25, 0.3) is 11.1 Å². The van der Waals surface area contributed by atoms with E-state index in [0.29, 0.717) is 10.6 Å². The van der Waals surface area contributed by atoms with Gasteiger partial charge in [-0.25, -0.2) is 4.98 Å². The summed E-state index contributed by atoms with van der Waals surface area (Å²) in [7, 11) is 0. The van der Waals surface area contributed by atoms with Gasteiger partial charge in [-0.2, -0.15) is 0 Å². The number of carbonyl (C=O) groups excluding carboxylic acids is 2. The Morgan fingerprint density at radius 2 is 2.04 bits per heavy atom. The van der Waals surface area contributed by atoms with Gasteiger partial charge in [-0.05, 0) is 49.5 Å². The second kappa shape index (κ2) is 7.50. The molecule has 0 unspecified atom stereocenters. The zero-order valence-electron chi connectivity index (χ0n) is 14.7. The monoisotopic (exact) mass is 384 g/mol. The van der Waals surface area contributed by atoms with Crippen LogP contribution in [-0.4, -0.2) is 41.3 Å². The lowest BCUT2D eigenvalue weighted by atomic mass is 9.97. The second-order valence-electron chi connectivity index (χ2n) is 6.65. The first-order chi connectivity index (χ1) is 13.1. The van der Waals surface area contributed by atoms with Crippen molar-refractivity contribution in [2.45, 2.75) is 18.8 Å². The van der Waals surface area contributed by atoms with Crippen LogP contribution in [0.1, 0.15) is 35.0 Å². The highest BCUT2D eigenvalue weighted by Gasteiger charge is 2.26. The number of primary amides is 1. The minimum Gasteiger partial charge on any atom is -0.440 e. The fourth-order valence-electron chi connectivity index (χ4n) is 3.37. The summed E-state index contributed by atoms with van der Waals surface area (Å²) in [5.41, 5.74) is 7.36. The average Bonchev–Trinajstić information content (AvgIpc) is 3.28. The van der Waals surface area contributed by atoms with Crippen molar-refractivity contribution in [3.63, 3.8) is 0 Å². The zero-order chi connectivity index (χ0) is 18.8. The van der Waals surface area contributed by atoms with Gasteiger partial charge in [0.05, 0.1) is 12.1 Å². The molecule has 140 valence electrons. The number of nitrogens with one attached hydrogen (secondary N) is 1. The number of hydrogen-bond donors (Lipinski definition) is 2. The third kappa shape index (κ3) is 3.86. The van der Waals surface area contributed by atoms with E-state index in [2.05, 4.69) is 15.2 Å². The van der Waals surface area contributed by atoms with Gasteiger partial charge in [0, 0.05) is 5.92 Å². The van der Waals surface area contributed by atoms with Crippen molar-refractivity contribution in [2.75, 3.05) is 25.0 Å². The van der Waals surface area contributed by atoms with Gasteiger partial charge in [-0.3, -0.25) is 14.5 Å². The van der Waals surface area contributed by atoms with E-state index in [4.69, 9.17) is 10.2 Å². The van der Waals surface area contributed by atoms with Gasteiger partial charge in [-0.15, -0.1) is 11.3 Å². The van der Waals surface area contributed by atoms with E-state index in [1.54, 1.807) is 11.4 Å².